The molecule has 7 heterocycles. The Morgan fingerprint density at radius 1 is 0.564 bits per heavy atom. The Kier molecular flexibility index (Phi) is 5.85. The molecule has 6 fully saturated rings. The van der Waals surface area contributed by atoms with Gasteiger partial charge in [0.2, 0.25) is 0 Å². The van der Waals surface area contributed by atoms with E-state index in [2.05, 4.69) is 15.4 Å². The van der Waals surface area contributed by atoms with E-state index in [0.717, 1.165) is 0 Å². The second-order valence-corrected chi connectivity index (χ2v) is 12.9. The smallest absolute Gasteiger partial charge is 0.190 e. The molecule has 0 spiro atoms. The third-order valence-electron chi connectivity index (χ3n) is 7.72. The van der Waals surface area contributed by atoms with Crippen molar-refractivity contribution >= 4 is 0 Å². The number of aromatic nitrogens is 4. The van der Waals surface area contributed by atoms with Crippen LogP contribution in [0.4, 0.5) is 0 Å². The van der Waals surface area contributed by atoms with Crippen molar-refractivity contribution in [3.8, 4) is 0 Å². The van der Waals surface area contributed by atoms with Crippen molar-refractivity contribution < 1.29 is 47.4 Å². The van der Waals surface area contributed by atoms with E-state index in [1.165, 1.54) is 4.80 Å². The number of ether oxygens (including phenoxy) is 10. The van der Waals surface area contributed by atoms with Crippen LogP contribution < -0.4 is 0 Å². The Bertz CT molecular complexity index is 1030. The lowest BCUT2D eigenvalue weighted by Crippen LogP contribution is -2.56. The van der Waals surface area contributed by atoms with Gasteiger partial charge in [-0.25, -0.2) is 0 Å². The van der Waals surface area contributed by atoms with Gasteiger partial charge in [-0.2, -0.15) is 4.80 Å². The summed E-state index contributed by atoms with van der Waals surface area (Å²) in [6.45, 7) is 15.2. The van der Waals surface area contributed by atoms with Gasteiger partial charge in [0.25, 0.3) is 0 Å². The minimum absolute atomic E-state index is 0.292. The monoisotopic (exact) mass is 554 g/mol. The van der Waals surface area contributed by atoms with Crippen molar-refractivity contribution in [2.45, 2.75) is 153 Å². The molecule has 0 radical (unpaired) electrons. The van der Waals surface area contributed by atoms with Crippen molar-refractivity contribution in [3.63, 3.8) is 0 Å². The maximum absolute atomic E-state index is 6.30. The SMILES string of the molecule is CC1(C)O[C@H]2[C@@H](O1)[C@@H](Cc1nnn(C[C@H]3O[C@@H]4OC(C)(C)O[C@@H]4[C@H]4OC(C)(C)O[C@H]43)n1)O[C@@H]1OC(C)(C)O[C@@H]12. The normalized spacial score (nSPS) is 46.5. The molecular formula is C25H38N4O10. The highest BCUT2D eigenvalue weighted by atomic mass is 16.9. The van der Waals surface area contributed by atoms with Gasteiger partial charge in [-0.1, -0.05) is 0 Å². The molecule has 0 N–H and O–H groups in total. The molecule has 14 heteroatoms. The zero-order chi connectivity index (χ0) is 27.5. The summed E-state index contributed by atoms with van der Waals surface area (Å²) in [5.41, 5.74) is 0. The third kappa shape index (κ3) is 4.82. The van der Waals surface area contributed by atoms with Crippen LogP contribution in [0.15, 0.2) is 0 Å². The maximum Gasteiger partial charge on any atom is 0.190 e. The number of fused-ring (bicyclic) bond motifs is 6. The molecule has 0 saturated carbocycles. The first-order valence-electron chi connectivity index (χ1n) is 13.7. The van der Waals surface area contributed by atoms with Crippen LogP contribution in [0.25, 0.3) is 0 Å². The largest absolute Gasteiger partial charge is 0.343 e. The van der Waals surface area contributed by atoms with Gasteiger partial charge < -0.3 is 47.4 Å². The molecular weight excluding hydrogens is 516 g/mol. The lowest BCUT2D eigenvalue weighted by molar-refractivity contribution is -0.237. The van der Waals surface area contributed by atoms with Crippen molar-refractivity contribution in [2.75, 3.05) is 0 Å². The molecule has 6 saturated heterocycles. The fourth-order valence-electron chi connectivity index (χ4n) is 6.47. The summed E-state index contributed by atoms with van der Waals surface area (Å²) in [6.07, 6.45) is -3.92. The summed E-state index contributed by atoms with van der Waals surface area (Å²) in [7, 11) is 0. The molecule has 14 nitrogen and oxygen atoms in total. The van der Waals surface area contributed by atoms with Crippen LogP contribution in [0, 0.1) is 0 Å². The van der Waals surface area contributed by atoms with Crippen LogP contribution in [-0.4, -0.2) is 105 Å². The lowest BCUT2D eigenvalue weighted by atomic mass is 9.97. The van der Waals surface area contributed by atoms with E-state index in [4.69, 9.17) is 47.4 Å². The van der Waals surface area contributed by atoms with Gasteiger partial charge >= 0.3 is 0 Å². The summed E-state index contributed by atoms with van der Waals surface area (Å²) >= 11 is 0. The Morgan fingerprint density at radius 3 is 1.56 bits per heavy atom. The van der Waals surface area contributed by atoms with Crippen LogP contribution in [0.3, 0.4) is 0 Å². The van der Waals surface area contributed by atoms with Crippen molar-refractivity contribution in [3.05, 3.63) is 5.82 Å². The molecule has 39 heavy (non-hydrogen) atoms. The Hall–Kier alpha value is -1.33. The minimum atomic E-state index is -0.787. The van der Waals surface area contributed by atoms with E-state index < -0.39 is 60.1 Å². The average molecular weight is 555 g/mol. The summed E-state index contributed by atoms with van der Waals surface area (Å²) in [6, 6.07) is 0. The van der Waals surface area contributed by atoms with Gasteiger partial charge in [0.05, 0.1) is 12.6 Å². The molecule has 0 aromatic carbocycles. The standard InChI is InChI=1S/C25H38N4O10/c1-22(2)32-14-11(30-20-18(16(14)34-22)36-24(5,6)38-20)9-13-26-28-29(27-13)10-12-15-17(35-23(3,4)33-15)19-21(31-12)39-25(7,8)37-19/h11-12,14-21H,9-10H2,1-8H3/t11-,12-,14+,15+,16+,17+,18-,19-,20-,21-/m1/s1. The molecule has 10 atom stereocenters. The summed E-state index contributed by atoms with van der Waals surface area (Å²) in [5, 5.41) is 13.2. The molecule has 1 aromatic rings. The lowest BCUT2D eigenvalue weighted by Gasteiger charge is -2.37. The number of hydrogen-bond donors (Lipinski definition) is 0. The minimum Gasteiger partial charge on any atom is -0.343 e. The molecule has 0 aliphatic carbocycles. The van der Waals surface area contributed by atoms with E-state index in [0.29, 0.717) is 18.8 Å². The van der Waals surface area contributed by atoms with E-state index in [9.17, 15) is 0 Å². The van der Waals surface area contributed by atoms with E-state index >= 15 is 0 Å². The fourth-order valence-corrected chi connectivity index (χ4v) is 6.47. The first-order chi connectivity index (χ1) is 18.2. The highest BCUT2D eigenvalue weighted by molar-refractivity contribution is 5.03. The summed E-state index contributed by atoms with van der Waals surface area (Å²) < 4.78 is 61.6. The van der Waals surface area contributed by atoms with Gasteiger partial charge in [0.1, 0.15) is 42.7 Å². The Balaban J connectivity index is 1.07. The number of nitrogens with zero attached hydrogens (tertiary/aromatic N) is 4. The van der Waals surface area contributed by atoms with Crippen LogP contribution in [0.1, 0.15) is 61.2 Å². The van der Waals surface area contributed by atoms with Gasteiger partial charge in [-0.15, -0.1) is 10.2 Å². The zero-order valence-corrected chi connectivity index (χ0v) is 23.6. The predicted octanol–water partition coefficient (Wildman–Crippen LogP) is 1.01. The average Bonchev–Trinajstić information content (AvgIpc) is 3.57. The van der Waals surface area contributed by atoms with Gasteiger partial charge in [0, 0.05) is 6.42 Å². The van der Waals surface area contributed by atoms with Gasteiger partial charge in [-0.05, 0) is 60.6 Å². The third-order valence-corrected chi connectivity index (χ3v) is 7.72. The molecule has 0 amide bonds. The fraction of sp³-hybridized carbons (Fsp3) is 0.960. The van der Waals surface area contributed by atoms with Gasteiger partial charge in [0.15, 0.2) is 41.6 Å². The molecule has 7 rings (SSSR count). The summed E-state index contributed by atoms with van der Waals surface area (Å²) in [4.78, 5) is 1.50. The van der Waals surface area contributed by atoms with Crippen molar-refractivity contribution in [1.82, 2.24) is 20.2 Å². The first-order valence-corrected chi connectivity index (χ1v) is 13.7. The predicted molar refractivity (Wildman–Crippen MR) is 127 cm³/mol. The topological polar surface area (TPSA) is 136 Å². The van der Waals surface area contributed by atoms with Crippen molar-refractivity contribution in [2.24, 2.45) is 0 Å². The number of rotatable bonds is 4. The zero-order valence-electron chi connectivity index (χ0n) is 23.6. The maximum atomic E-state index is 6.30. The first kappa shape index (κ1) is 26.6. The molecule has 0 unspecified atom stereocenters. The van der Waals surface area contributed by atoms with Crippen LogP contribution in [-0.2, 0) is 60.3 Å². The van der Waals surface area contributed by atoms with Crippen LogP contribution in [0.5, 0.6) is 0 Å². The summed E-state index contributed by atoms with van der Waals surface area (Å²) in [5.74, 6) is -2.64. The van der Waals surface area contributed by atoms with E-state index in [-0.39, 0.29) is 24.4 Å². The second-order valence-electron chi connectivity index (χ2n) is 12.9. The molecule has 1 aromatic heterocycles. The van der Waals surface area contributed by atoms with E-state index in [1.54, 1.807) is 0 Å². The highest BCUT2D eigenvalue weighted by Gasteiger charge is 2.62. The van der Waals surface area contributed by atoms with E-state index in [1.807, 2.05) is 55.4 Å². The molecule has 0 bridgehead atoms. The number of tetrazole rings is 1. The Morgan fingerprint density at radius 2 is 1.00 bits per heavy atom. The van der Waals surface area contributed by atoms with Gasteiger partial charge in [-0.3, -0.25) is 0 Å². The van der Waals surface area contributed by atoms with Crippen LogP contribution in [0.2, 0.25) is 0 Å². The number of hydrogen-bond acceptors (Lipinski definition) is 13. The quantitative estimate of drug-likeness (QED) is 0.524. The highest BCUT2D eigenvalue weighted by Crippen LogP contribution is 2.46. The molecule has 6 aliphatic heterocycles. The Labute approximate surface area is 226 Å². The van der Waals surface area contributed by atoms with Crippen LogP contribution >= 0.6 is 0 Å². The second kappa shape index (κ2) is 8.60. The molecule has 6 aliphatic rings. The van der Waals surface area contributed by atoms with Crippen molar-refractivity contribution in [1.29, 1.82) is 0 Å². The molecule has 218 valence electrons.